The van der Waals surface area contributed by atoms with Crippen molar-refractivity contribution in [1.29, 1.82) is 0 Å². The van der Waals surface area contributed by atoms with Gasteiger partial charge in [0.05, 0.1) is 18.8 Å². The second kappa shape index (κ2) is 6.73. The van der Waals surface area contributed by atoms with Gasteiger partial charge in [0.15, 0.2) is 0 Å². The summed E-state index contributed by atoms with van der Waals surface area (Å²) >= 11 is 0. The summed E-state index contributed by atoms with van der Waals surface area (Å²) in [5, 5.41) is 0. The van der Waals surface area contributed by atoms with Gasteiger partial charge >= 0.3 is 0 Å². The van der Waals surface area contributed by atoms with Gasteiger partial charge in [0.2, 0.25) is 0 Å². The standard InChI is InChI=1S/C18H29NO/c1-12-5-13(2)8-16(7-12)18(19)11-20-17-9-14(3)6-15(4)10-17/h5,7-8,14-15,17-18H,6,9-11,19H2,1-4H3. The molecule has 20 heavy (non-hydrogen) atoms. The summed E-state index contributed by atoms with van der Waals surface area (Å²) in [4.78, 5) is 0. The maximum Gasteiger partial charge on any atom is 0.0663 e. The summed E-state index contributed by atoms with van der Waals surface area (Å²) in [5.41, 5.74) is 10.0. The molecule has 0 spiro atoms. The highest BCUT2D eigenvalue weighted by Gasteiger charge is 2.25. The van der Waals surface area contributed by atoms with Gasteiger partial charge in [0.1, 0.15) is 0 Å². The Balaban J connectivity index is 1.89. The number of benzene rings is 1. The van der Waals surface area contributed by atoms with Crippen LogP contribution >= 0.6 is 0 Å². The lowest BCUT2D eigenvalue weighted by atomic mass is 9.82. The van der Waals surface area contributed by atoms with E-state index in [2.05, 4.69) is 45.9 Å². The molecule has 3 unspecified atom stereocenters. The van der Waals surface area contributed by atoms with Gasteiger partial charge in [-0.3, -0.25) is 0 Å². The highest BCUT2D eigenvalue weighted by Crippen LogP contribution is 2.30. The fourth-order valence-electron chi connectivity index (χ4n) is 3.57. The van der Waals surface area contributed by atoms with Crippen molar-refractivity contribution in [1.82, 2.24) is 0 Å². The Morgan fingerprint density at radius 2 is 1.60 bits per heavy atom. The van der Waals surface area contributed by atoms with Crippen molar-refractivity contribution in [2.45, 2.75) is 59.1 Å². The van der Waals surface area contributed by atoms with E-state index in [1.165, 1.54) is 36.0 Å². The molecule has 0 bridgehead atoms. The molecule has 0 aromatic heterocycles. The van der Waals surface area contributed by atoms with E-state index in [0.29, 0.717) is 12.7 Å². The summed E-state index contributed by atoms with van der Waals surface area (Å²) in [7, 11) is 0. The third kappa shape index (κ3) is 4.32. The molecule has 2 heteroatoms. The lowest BCUT2D eigenvalue weighted by molar-refractivity contribution is -0.00527. The minimum Gasteiger partial charge on any atom is -0.376 e. The number of ether oxygens (including phenoxy) is 1. The van der Waals surface area contributed by atoms with Crippen LogP contribution in [-0.2, 0) is 4.74 Å². The van der Waals surface area contributed by atoms with Crippen LogP contribution in [-0.4, -0.2) is 12.7 Å². The summed E-state index contributed by atoms with van der Waals surface area (Å²) in [5.74, 6) is 1.56. The van der Waals surface area contributed by atoms with Gasteiger partial charge < -0.3 is 10.5 Å². The second-order valence-corrected chi connectivity index (χ2v) is 6.90. The highest BCUT2D eigenvalue weighted by atomic mass is 16.5. The predicted molar refractivity (Wildman–Crippen MR) is 84.8 cm³/mol. The van der Waals surface area contributed by atoms with E-state index in [1.807, 2.05) is 0 Å². The van der Waals surface area contributed by atoms with Crippen LogP contribution < -0.4 is 5.73 Å². The maximum atomic E-state index is 6.29. The van der Waals surface area contributed by atoms with Crippen molar-refractivity contribution < 1.29 is 4.74 Å². The number of hydrogen-bond donors (Lipinski definition) is 1. The lowest BCUT2D eigenvalue weighted by Crippen LogP contribution is -2.29. The molecule has 0 aliphatic heterocycles. The lowest BCUT2D eigenvalue weighted by Gasteiger charge is -2.32. The zero-order chi connectivity index (χ0) is 14.7. The molecule has 0 saturated heterocycles. The number of nitrogens with two attached hydrogens (primary N) is 1. The van der Waals surface area contributed by atoms with Crippen LogP contribution in [0.15, 0.2) is 18.2 Å². The Bertz CT molecular complexity index is 413. The van der Waals surface area contributed by atoms with Crippen molar-refractivity contribution in [3.05, 3.63) is 34.9 Å². The van der Waals surface area contributed by atoms with Crippen LogP contribution in [0.1, 0.15) is 55.8 Å². The van der Waals surface area contributed by atoms with Crippen LogP contribution in [0.3, 0.4) is 0 Å². The van der Waals surface area contributed by atoms with E-state index in [4.69, 9.17) is 10.5 Å². The van der Waals surface area contributed by atoms with E-state index in [1.54, 1.807) is 0 Å². The third-order valence-electron chi connectivity index (χ3n) is 4.32. The van der Waals surface area contributed by atoms with E-state index in [9.17, 15) is 0 Å². The van der Waals surface area contributed by atoms with Crippen molar-refractivity contribution in [3.63, 3.8) is 0 Å². The van der Waals surface area contributed by atoms with Gasteiger partial charge in [-0.15, -0.1) is 0 Å². The van der Waals surface area contributed by atoms with E-state index < -0.39 is 0 Å². The van der Waals surface area contributed by atoms with Crippen LogP contribution in [0.2, 0.25) is 0 Å². The zero-order valence-corrected chi connectivity index (χ0v) is 13.4. The quantitative estimate of drug-likeness (QED) is 0.896. The highest BCUT2D eigenvalue weighted by molar-refractivity contribution is 5.30. The Morgan fingerprint density at radius 3 is 2.15 bits per heavy atom. The Morgan fingerprint density at radius 1 is 1.05 bits per heavy atom. The number of rotatable bonds is 4. The molecular formula is C18H29NO. The zero-order valence-electron chi connectivity index (χ0n) is 13.4. The molecule has 1 aromatic carbocycles. The fraction of sp³-hybridized carbons (Fsp3) is 0.667. The molecule has 1 saturated carbocycles. The number of aryl methyl sites for hydroxylation is 2. The van der Waals surface area contributed by atoms with Gasteiger partial charge in [-0.2, -0.15) is 0 Å². The molecule has 1 aliphatic carbocycles. The molecule has 0 heterocycles. The van der Waals surface area contributed by atoms with Crippen LogP contribution in [0.25, 0.3) is 0 Å². The largest absolute Gasteiger partial charge is 0.376 e. The Kier molecular flexibility index (Phi) is 5.22. The monoisotopic (exact) mass is 275 g/mol. The molecule has 112 valence electrons. The summed E-state index contributed by atoms with van der Waals surface area (Å²) in [6.07, 6.45) is 4.10. The van der Waals surface area contributed by atoms with Gasteiger partial charge in [-0.05, 0) is 50.5 Å². The predicted octanol–water partition coefficient (Wildman–Crippen LogP) is 4.14. The number of hydrogen-bond acceptors (Lipinski definition) is 2. The molecule has 2 rings (SSSR count). The molecule has 3 atom stereocenters. The third-order valence-corrected chi connectivity index (χ3v) is 4.32. The first kappa shape index (κ1) is 15.5. The van der Waals surface area contributed by atoms with Crippen LogP contribution in [0, 0.1) is 25.7 Å². The molecule has 0 radical (unpaired) electrons. The summed E-state index contributed by atoms with van der Waals surface area (Å²) in [6, 6.07) is 6.52. The first-order valence-corrected chi connectivity index (χ1v) is 7.89. The molecule has 2 nitrogen and oxygen atoms in total. The second-order valence-electron chi connectivity index (χ2n) is 6.90. The first-order valence-electron chi connectivity index (χ1n) is 7.89. The molecule has 1 aliphatic rings. The Labute approximate surface area is 123 Å². The van der Waals surface area contributed by atoms with E-state index in [-0.39, 0.29) is 6.04 Å². The van der Waals surface area contributed by atoms with Gasteiger partial charge in [-0.1, -0.05) is 43.2 Å². The molecule has 1 fully saturated rings. The minimum absolute atomic E-state index is 0.0128. The molecular weight excluding hydrogens is 246 g/mol. The van der Waals surface area contributed by atoms with Crippen molar-refractivity contribution >= 4 is 0 Å². The Hall–Kier alpha value is -0.860. The van der Waals surface area contributed by atoms with Gasteiger partial charge in [0, 0.05) is 0 Å². The van der Waals surface area contributed by atoms with E-state index >= 15 is 0 Å². The summed E-state index contributed by atoms with van der Waals surface area (Å²) in [6.45, 7) is 9.53. The average molecular weight is 275 g/mol. The molecule has 2 N–H and O–H groups in total. The van der Waals surface area contributed by atoms with Crippen LogP contribution in [0.5, 0.6) is 0 Å². The molecule has 0 amide bonds. The fourth-order valence-corrected chi connectivity index (χ4v) is 3.57. The first-order chi connectivity index (χ1) is 9.44. The average Bonchev–Trinajstić information content (AvgIpc) is 2.33. The van der Waals surface area contributed by atoms with Crippen molar-refractivity contribution in [3.8, 4) is 0 Å². The van der Waals surface area contributed by atoms with Gasteiger partial charge in [0.25, 0.3) is 0 Å². The molecule has 1 aromatic rings. The maximum absolute atomic E-state index is 6.29. The topological polar surface area (TPSA) is 35.2 Å². The normalized spacial score (nSPS) is 28.4. The SMILES string of the molecule is Cc1cc(C)cc(C(N)COC2CC(C)CC(C)C2)c1. The summed E-state index contributed by atoms with van der Waals surface area (Å²) < 4.78 is 6.09. The minimum atomic E-state index is -0.0128. The van der Waals surface area contributed by atoms with Crippen molar-refractivity contribution in [2.75, 3.05) is 6.61 Å². The van der Waals surface area contributed by atoms with E-state index in [0.717, 1.165) is 11.8 Å². The van der Waals surface area contributed by atoms with Crippen molar-refractivity contribution in [2.24, 2.45) is 17.6 Å². The smallest absolute Gasteiger partial charge is 0.0663 e. The van der Waals surface area contributed by atoms with Crippen LogP contribution in [0.4, 0.5) is 0 Å². The van der Waals surface area contributed by atoms with Gasteiger partial charge in [-0.25, -0.2) is 0 Å².